The van der Waals surface area contributed by atoms with Crippen molar-refractivity contribution in [2.75, 3.05) is 21.3 Å². The molecule has 0 aliphatic heterocycles. The fourth-order valence-corrected chi connectivity index (χ4v) is 0.528. The number of nitrogens with zero attached hydrogens (tertiary/aromatic N) is 3. The van der Waals surface area contributed by atoms with Gasteiger partial charge < -0.3 is 29.8 Å². The maximum Gasteiger partial charge on any atom is 0.353 e. The molecule has 0 saturated heterocycles. The van der Waals surface area contributed by atoms with Gasteiger partial charge in [0.1, 0.15) is 21.3 Å². The van der Waals surface area contributed by atoms with Crippen molar-refractivity contribution in [3.63, 3.8) is 0 Å². The van der Waals surface area contributed by atoms with E-state index in [0.717, 1.165) is 0 Å². The van der Waals surface area contributed by atoms with Crippen molar-refractivity contribution in [2.24, 2.45) is 15.5 Å². The molecule has 13 heteroatoms. The van der Waals surface area contributed by atoms with Crippen molar-refractivity contribution in [1.82, 2.24) is 0 Å². The third-order valence-corrected chi connectivity index (χ3v) is 1.61. The molecular weight excluding hydrogens is 431 g/mol. The van der Waals surface area contributed by atoms with Crippen LogP contribution in [0.3, 0.4) is 0 Å². The summed E-state index contributed by atoms with van der Waals surface area (Å²) in [6.45, 7) is 4.06. The summed E-state index contributed by atoms with van der Waals surface area (Å²) in [5.41, 5.74) is -0.146. The van der Waals surface area contributed by atoms with Gasteiger partial charge in [-0.25, -0.2) is 14.4 Å². The number of carbonyl (C=O) groups is 3. The van der Waals surface area contributed by atoms with Crippen LogP contribution in [-0.2, 0) is 48.4 Å². The minimum atomic E-state index is -1.06. The van der Waals surface area contributed by atoms with Gasteiger partial charge in [0.15, 0.2) is 17.1 Å². The zero-order chi connectivity index (χ0) is 19.7. The van der Waals surface area contributed by atoms with Gasteiger partial charge >= 0.3 is 17.9 Å². The van der Waals surface area contributed by atoms with Gasteiger partial charge in [-0.15, -0.1) is 0 Å². The Morgan fingerprint density at radius 3 is 0.800 bits per heavy atom. The second-order valence-electron chi connectivity index (χ2n) is 3.49. The van der Waals surface area contributed by atoms with E-state index in [-0.39, 0.29) is 36.6 Å². The normalized spacial score (nSPS) is 10.6. The Bertz CT molecular complexity index is 433. The van der Waals surface area contributed by atoms with Crippen LogP contribution in [0.15, 0.2) is 15.5 Å². The summed E-state index contributed by atoms with van der Waals surface area (Å²) in [5.74, 6) is -3.19. The van der Waals surface area contributed by atoms with E-state index >= 15 is 0 Å². The summed E-state index contributed by atoms with van der Waals surface area (Å²) >= 11 is 0. The van der Waals surface area contributed by atoms with Crippen LogP contribution in [0.1, 0.15) is 20.8 Å². The SMILES string of the molecule is CON=C(C)C(=O)O.CON=C(C)C(=O)O.CON=C(C)C(=O)O.[Ru]. The first kappa shape index (κ1) is 30.3. The minimum absolute atomic E-state index is 0. The van der Waals surface area contributed by atoms with Crippen LogP contribution < -0.4 is 0 Å². The summed E-state index contributed by atoms with van der Waals surface area (Å²) in [7, 11) is 3.89. The fraction of sp³-hybridized carbons (Fsp3) is 0.500. The standard InChI is InChI=1S/3C4H7NO3.Ru/c3*1-3(4(6)7)5-8-2;/h3*1-2H3,(H,6,7);. The predicted octanol–water partition coefficient (Wildman–Crippen LogP) is 0.277. The minimum Gasteiger partial charge on any atom is -0.477 e. The number of hydrogen-bond acceptors (Lipinski definition) is 9. The molecule has 0 spiro atoms. The first-order chi connectivity index (χ1) is 11.0. The van der Waals surface area contributed by atoms with E-state index in [2.05, 4.69) is 30.0 Å². The van der Waals surface area contributed by atoms with E-state index < -0.39 is 17.9 Å². The average Bonchev–Trinajstić information content (AvgIpc) is 2.49. The molecule has 0 aromatic heterocycles. The summed E-state index contributed by atoms with van der Waals surface area (Å²) in [4.78, 5) is 42.2. The van der Waals surface area contributed by atoms with Gasteiger partial charge in [-0.3, -0.25) is 0 Å². The second-order valence-corrected chi connectivity index (χ2v) is 3.49. The maximum atomic E-state index is 9.88. The molecule has 0 bridgehead atoms. The number of aliphatic carboxylic acids is 3. The van der Waals surface area contributed by atoms with Gasteiger partial charge in [0.05, 0.1) is 0 Å². The Morgan fingerprint density at radius 2 is 0.760 bits per heavy atom. The molecule has 0 atom stereocenters. The summed E-state index contributed by atoms with van der Waals surface area (Å²) in [6.07, 6.45) is 0. The summed E-state index contributed by atoms with van der Waals surface area (Å²) in [6, 6.07) is 0. The Hall–Kier alpha value is -2.56. The van der Waals surface area contributed by atoms with Crippen LogP contribution in [-0.4, -0.2) is 71.7 Å². The monoisotopic (exact) mass is 453 g/mol. The smallest absolute Gasteiger partial charge is 0.353 e. The second kappa shape index (κ2) is 19.5. The Balaban J connectivity index is -0.000000130. The molecule has 0 saturated carbocycles. The molecule has 0 aliphatic carbocycles. The summed E-state index contributed by atoms with van der Waals surface area (Å²) < 4.78 is 0. The van der Waals surface area contributed by atoms with Crippen molar-refractivity contribution in [3.8, 4) is 0 Å². The van der Waals surface area contributed by atoms with Gasteiger partial charge in [-0.05, 0) is 20.8 Å². The largest absolute Gasteiger partial charge is 0.477 e. The third kappa shape index (κ3) is 23.8. The van der Waals surface area contributed by atoms with E-state index in [1.54, 1.807) is 0 Å². The van der Waals surface area contributed by atoms with Crippen LogP contribution in [0.4, 0.5) is 0 Å². The Labute approximate surface area is 156 Å². The molecule has 3 N–H and O–H groups in total. The fourth-order valence-electron chi connectivity index (χ4n) is 0.528. The van der Waals surface area contributed by atoms with E-state index in [1.165, 1.54) is 42.1 Å². The number of carboxylic acids is 3. The third-order valence-electron chi connectivity index (χ3n) is 1.61. The molecule has 0 aliphatic rings. The van der Waals surface area contributed by atoms with E-state index in [1.807, 2.05) is 0 Å². The van der Waals surface area contributed by atoms with E-state index in [4.69, 9.17) is 15.3 Å². The Morgan fingerprint density at radius 1 is 0.600 bits per heavy atom. The number of oxime groups is 3. The quantitative estimate of drug-likeness (QED) is 0.290. The van der Waals surface area contributed by atoms with Crippen LogP contribution in [0.5, 0.6) is 0 Å². The molecule has 0 heterocycles. The Kier molecular flexibility index (Phi) is 23.7. The van der Waals surface area contributed by atoms with Crippen molar-refractivity contribution in [2.45, 2.75) is 20.8 Å². The average molecular weight is 452 g/mol. The first-order valence-corrected chi connectivity index (χ1v) is 5.98. The van der Waals surface area contributed by atoms with Crippen molar-refractivity contribution in [1.29, 1.82) is 0 Å². The number of hydrogen-bond donors (Lipinski definition) is 3. The van der Waals surface area contributed by atoms with Crippen molar-refractivity contribution >= 4 is 35.0 Å². The predicted molar refractivity (Wildman–Crippen MR) is 83.3 cm³/mol. The van der Waals surface area contributed by atoms with Crippen molar-refractivity contribution < 1.29 is 63.7 Å². The molecule has 0 unspecified atom stereocenters. The van der Waals surface area contributed by atoms with E-state index in [9.17, 15) is 14.4 Å². The number of rotatable bonds is 6. The molecule has 0 amide bonds. The molecule has 25 heavy (non-hydrogen) atoms. The first-order valence-electron chi connectivity index (χ1n) is 5.98. The molecule has 0 aromatic rings. The molecule has 0 rings (SSSR count). The molecule has 12 nitrogen and oxygen atoms in total. The molecule has 0 aromatic carbocycles. The summed E-state index contributed by atoms with van der Waals surface area (Å²) in [5, 5.41) is 33.7. The molecular formula is C12H21N3O9Ru. The van der Waals surface area contributed by atoms with Gasteiger partial charge in [-0.1, -0.05) is 15.5 Å². The maximum absolute atomic E-state index is 9.88. The van der Waals surface area contributed by atoms with Gasteiger partial charge in [0, 0.05) is 19.5 Å². The van der Waals surface area contributed by atoms with Gasteiger partial charge in [0.25, 0.3) is 0 Å². The van der Waals surface area contributed by atoms with Crippen molar-refractivity contribution in [3.05, 3.63) is 0 Å². The van der Waals surface area contributed by atoms with Crippen LogP contribution in [0.2, 0.25) is 0 Å². The zero-order valence-electron chi connectivity index (χ0n) is 14.5. The van der Waals surface area contributed by atoms with Crippen LogP contribution >= 0.6 is 0 Å². The van der Waals surface area contributed by atoms with Crippen LogP contribution in [0, 0.1) is 0 Å². The van der Waals surface area contributed by atoms with Crippen LogP contribution in [0.25, 0.3) is 0 Å². The topological polar surface area (TPSA) is 177 Å². The number of carboxylic acid groups (broad SMARTS) is 3. The zero-order valence-corrected chi connectivity index (χ0v) is 16.2. The molecule has 146 valence electrons. The van der Waals surface area contributed by atoms with Gasteiger partial charge in [-0.2, -0.15) is 0 Å². The van der Waals surface area contributed by atoms with Gasteiger partial charge in [0.2, 0.25) is 0 Å². The van der Waals surface area contributed by atoms with E-state index in [0.29, 0.717) is 0 Å². The molecule has 0 radical (unpaired) electrons. The molecule has 0 fully saturated rings.